The molecule has 0 saturated carbocycles. The lowest BCUT2D eigenvalue weighted by Gasteiger charge is -2.20. The highest BCUT2D eigenvalue weighted by Gasteiger charge is 2.16. The Morgan fingerprint density at radius 1 is 0.857 bits per heavy atom. The zero-order chi connectivity index (χ0) is 24.9. The van der Waals surface area contributed by atoms with Crippen LogP contribution < -0.4 is 10.3 Å². The number of benzene rings is 3. The second kappa shape index (κ2) is 11.1. The molecule has 0 aliphatic rings. The summed E-state index contributed by atoms with van der Waals surface area (Å²) in [5, 5.41) is 1.29. The lowest BCUT2D eigenvalue weighted by molar-refractivity contribution is 0.295. The van der Waals surface area contributed by atoms with Gasteiger partial charge in [-0.25, -0.2) is 4.98 Å². The largest absolute Gasteiger partial charge is 0.493 e. The zero-order valence-electron chi connectivity index (χ0n) is 20.9. The van der Waals surface area contributed by atoms with Crippen molar-refractivity contribution in [3.8, 4) is 17.1 Å². The second-order valence-corrected chi connectivity index (χ2v) is 9.98. The van der Waals surface area contributed by atoms with Crippen LogP contribution in [-0.4, -0.2) is 16.2 Å². The predicted octanol–water partition coefficient (Wildman–Crippen LogP) is 7.82. The maximum Gasteiger partial charge on any atom is 0.261 e. The van der Waals surface area contributed by atoms with Crippen LogP contribution in [0.25, 0.3) is 22.3 Å². The Morgan fingerprint density at radius 2 is 1.51 bits per heavy atom. The normalized spacial score (nSPS) is 11.5. The number of ether oxygens (including phenoxy) is 1. The highest BCUT2D eigenvalue weighted by atomic mass is 35.5. The molecule has 0 aliphatic heterocycles. The molecule has 0 spiro atoms. The molecule has 3 aromatic carbocycles. The van der Waals surface area contributed by atoms with Gasteiger partial charge < -0.3 is 4.74 Å². The monoisotopic (exact) mass is 488 g/mol. The first-order valence-electron chi connectivity index (χ1n) is 12.4. The van der Waals surface area contributed by atoms with Crippen LogP contribution in [0.15, 0.2) is 71.5 Å². The van der Waals surface area contributed by atoms with Crippen LogP contribution >= 0.6 is 11.6 Å². The van der Waals surface area contributed by atoms with Gasteiger partial charge in [-0.2, -0.15) is 0 Å². The van der Waals surface area contributed by atoms with Gasteiger partial charge in [0.2, 0.25) is 0 Å². The molecule has 4 nitrogen and oxygen atoms in total. The molecule has 0 saturated heterocycles. The van der Waals surface area contributed by atoms with Crippen molar-refractivity contribution in [2.75, 3.05) is 6.61 Å². The van der Waals surface area contributed by atoms with Crippen LogP contribution in [0.3, 0.4) is 0 Å². The molecule has 0 N–H and O–H groups in total. The summed E-state index contributed by atoms with van der Waals surface area (Å²) < 4.78 is 8.12. The van der Waals surface area contributed by atoms with E-state index in [1.165, 1.54) is 11.1 Å². The van der Waals surface area contributed by atoms with Crippen molar-refractivity contribution in [3.05, 3.63) is 93.2 Å². The maximum atomic E-state index is 13.4. The van der Waals surface area contributed by atoms with Crippen molar-refractivity contribution in [3.63, 3.8) is 0 Å². The Hall–Kier alpha value is -3.11. The maximum absolute atomic E-state index is 13.4. The van der Waals surface area contributed by atoms with Crippen molar-refractivity contribution in [1.82, 2.24) is 9.55 Å². The number of nitrogens with zero attached hydrogens (tertiary/aromatic N) is 2. The van der Waals surface area contributed by atoms with E-state index >= 15 is 0 Å². The number of hydrogen-bond acceptors (Lipinski definition) is 3. The van der Waals surface area contributed by atoms with Gasteiger partial charge in [-0.3, -0.25) is 9.36 Å². The molecule has 35 heavy (non-hydrogen) atoms. The SMILES string of the molecule is CC(C)c1cccc(C(C)C)c1OCCCCn1c(-c2ccc(Cl)cc2)nc2ccccc2c1=O. The van der Waals surface area contributed by atoms with Gasteiger partial charge in [0.15, 0.2) is 0 Å². The van der Waals surface area contributed by atoms with Gasteiger partial charge >= 0.3 is 0 Å². The average molecular weight is 489 g/mol. The fourth-order valence-corrected chi connectivity index (χ4v) is 4.52. The third-order valence-electron chi connectivity index (χ3n) is 6.31. The Bertz CT molecular complexity index is 1330. The minimum absolute atomic E-state index is 0.0197. The van der Waals surface area contributed by atoms with Gasteiger partial charge in [-0.05, 0) is 72.2 Å². The van der Waals surface area contributed by atoms with E-state index in [2.05, 4.69) is 45.9 Å². The molecule has 4 aromatic rings. The first-order chi connectivity index (χ1) is 16.9. The minimum atomic E-state index is -0.0197. The van der Waals surface area contributed by atoms with E-state index in [0.29, 0.717) is 46.7 Å². The number of aromatic nitrogens is 2. The highest BCUT2D eigenvalue weighted by Crippen LogP contribution is 2.34. The predicted molar refractivity (Wildman–Crippen MR) is 146 cm³/mol. The summed E-state index contributed by atoms with van der Waals surface area (Å²) in [4.78, 5) is 18.2. The smallest absolute Gasteiger partial charge is 0.261 e. The molecule has 0 amide bonds. The first-order valence-corrected chi connectivity index (χ1v) is 12.8. The summed E-state index contributed by atoms with van der Waals surface area (Å²) in [5.74, 6) is 2.48. The Morgan fingerprint density at radius 3 is 2.17 bits per heavy atom. The summed E-state index contributed by atoms with van der Waals surface area (Å²) in [6.45, 7) is 9.97. The third kappa shape index (κ3) is 5.59. The second-order valence-electron chi connectivity index (χ2n) is 9.55. The molecule has 0 bridgehead atoms. The summed E-state index contributed by atoms with van der Waals surface area (Å²) in [5.41, 5.74) is 4.05. The minimum Gasteiger partial charge on any atom is -0.493 e. The van der Waals surface area contributed by atoms with E-state index < -0.39 is 0 Å². The van der Waals surface area contributed by atoms with Crippen molar-refractivity contribution in [1.29, 1.82) is 0 Å². The molecule has 0 atom stereocenters. The molecular formula is C30H33ClN2O2. The molecule has 0 radical (unpaired) electrons. The summed E-state index contributed by atoms with van der Waals surface area (Å²) in [7, 11) is 0. The van der Waals surface area contributed by atoms with Gasteiger partial charge in [0, 0.05) is 17.1 Å². The van der Waals surface area contributed by atoms with E-state index in [1.54, 1.807) is 4.57 Å². The third-order valence-corrected chi connectivity index (χ3v) is 6.56. The van der Waals surface area contributed by atoms with E-state index in [1.807, 2.05) is 48.5 Å². The van der Waals surface area contributed by atoms with Crippen molar-refractivity contribution < 1.29 is 4.74 Å². The lowest BCUT2D eigenvalue weighted by atomic mass is 9.94. The number of rotatable bonds is 9. The highest BCUT2D eigenvalue weighted by molar-refractivity contribution is 6.30. The van der Waals surface area contributed by atoms with Gasteiger partial charge in [0.1, 0.15) is 11.6 Å². The number of halogens is 1. The number of fused-ring (bicyclic) bond motifs is 1. The Kier molecular flexibility index (Phi) is 7.92. The molecule has 1 heterocycles. The number of para-hydroxylation sites is 2. The summed E-state index contributed by atoms with van der Waals surface area (Å²) in [6, 6.07) is 21.4. The fourth-order valence-electron chi connectivity index (χ4n) is 4.39. The molecule has 0 unspecified atom stereocenters. The summed E-state index contributed by atoms with van der Waals surface area (Å²) in [6.07, 6.45) is 1.64. The van der Waals surface area contributed by atoms with Gasteiger partial charge in [0.25, 0.3) is 5.56 Å². The van der Waals surface area contributed by atoms with Crippen LogP contribution in [0.2, 0.25) is 5.02 Å². The van der Waals surface area contributed by atoms with E-state index in [4.69, 9.17) is 21.3 Å². The number of unbranched alkanes of at least 4 members (excludes halogenated alkanes) is 1. The van der Waals surface area contributed by atoms with Crippen molar-refractivity contribution >= 4 is 22.5 Å². The zero-order valence-corrected chi connectivity index (χ0v) is 21.7. The fraction of sp³-hybridized carbons (Fsp3) is 0.333. The standard InChI is InChI=1S/C30H33ClN2O2/c1-20(2)24-11-9-12-25(21(3)4)28(24)35-19-8-7-18-33-29(22-14-16-23(31)17-15-22)32-27-13-6-5-10-26(27)30(33)34/h5-6,9-17,20-21H,7-8,18-19H2,1-4H3. The lowest BCUT2D eigenvalue weighted by Crippen LogP contribution is -2.24. The van der Waals surface area contributed by atoms with Gasteiger partial charge in [0.05, 0.1) is 17.5 Å². The molecular weight excluding hydrogens is 456 g/mol. The molecule has 0 aliphatic carbocycles. The van der Waals surface area contributed by atoms with Crippen LogP contribution in [0, 0.1) is 0 Å². The van der Waals surface area contributed by atoms with Crippen LogP contribution in [0.1, 0.15) is 63.5 Å². The van der Waals surface area contributed by atoms with Crippen molar-refractivity contribution in [2.24, 2.45) is 0 Å². The average Bonchev–Trinajstić information content (AvgIpc) is 2.85. The first kappa shape index (κ1) is 25.0. The number of hydrogen-bond donors (Lipinski definition) is 0. The topological polar surface area (TPSA) is 44.1 Å². The van der Waals surface area contributed by atoms with Crippen LogP contribution in [-0.2, 0) is 6.54 Å². The Balaban J connectivity index is 1.54. The quantitative estimate of drug-likeness (QED) is 0.225. The van der Waals surface area contributed by atoms with Crippen molar-refractivity contribution in [2.45, 2.75) is 58.9 Å². The van der Waals surface area contributed by atoms with E-state index in [0.717, 1.165) is 24.2 Å². The molecule has 1 aromatic heterocycles. The summed E-state index contributed by atoms with van der Waals surface area (Å²) >= 11 is 6.09. The molecule has 0 fully saturated rings. The van der Waals surface area contributed by atoms with Gasteiger partial charge in [-0.15, -0.1) is 0 Å². The molecule has 4 rings (SSSR count). The van der Waals surface area contributed by atoms with Gasteiger partial charge in [-0.1, -0.05) is 69.6 Å². The molecule has 182 valence electrons. The van der Waals surface area contributed by atoms with E-state index in [9.17, 15) is 4.79 Å². The van der Waals surface area contributed by atoms with Crippen LogP contribution in [0.5, 0.6) is 5.75 Å². The Labute approximate surface area is 212 Å². The van der Waals surface area contributed by atoms with Crippen LogP contribution in [0.4, 0.5) is 0 Å². The molecule has 5 heteroatoms. The van der Waals surface area contributed by atoms with E-state index in [-0.39, 0.29) is 5.56 Å².